The minimum absolute atomic E-state index is 0.686. The Bertz CT molecular complexity index is 328. The summed E-state index contributed by atoms with van der Waals surface area (Å²) >= 11 is 0. The third-order valence-electron chi connectivity index (χ3n) is 3.10. The van der Waals surface area contributed by atoms with E-state index in [4.69, 9.17) is 0 Å². The van der Waals surface area contributed by atoms with E-state index in [0.717, 1.165) is 51.5 Å². The summed E-state index contributed by atoms with van der Waals surface area (Å²) in [7, 11) is 0. The molecule has 6 heteroatoms. The lowest BCUT2D eigenvalue weighted by atomic mass is 10.1. The largest absolute Gasteiger partial charge is 0.314 e. The SMILES string of the molecule is CC(C)CCn1nnnc1CN1CCNCC1. The van der Waals surface area contributed by atoms with Gasteiger partial charge in [-0.2, -0.15) is 0 Å². The molecule has 1 fully saturated rings. The van der Waals surface area contributed by atoms with Gasteiger partial charge in [0.1, 0.15) is 0 Å². The van der Waals surface area contributed by atoms with E-state index in [1.807, 2.05) is 4.68 Å². The standard InChI is InChI=1S/C11H22N6/c1-10(2)3-6-17-11(13-14-15-17)9-16-7-4-12-5-8-16/h10,12H,3-9H2,1-2H3. The third kappa shape index (κ3) is 3.74. The quantitative estimate of drug-likeness (QED) is 0.790. The lowest BCUT2D eigenvalue weighted by Crippen LogP contribution is -2.43. The zero-order valence-corrected chi connectivity index (χ0v) is 10.8. The summed E-state index contributed by atoms with van der Waals surface area (Å²) in [4.78, 5) is 2.40. The predicted molar refractivity (Wildman–Crippen MR) is 65.4 cm³/mol. The minimum atomic E-state index is 0.686. The molecule has 1 aromatic heterocycles. The number of rotatable bonds is 5. The van der Waals surface area contributed by atoms with E-state index in [-0.39, 0.29) is 0 Å². The molecule has 0 spiro atoms. The van der Waals surface area contributed by atoms with Gasteiger partial charge < -0.3 is 5.32 Å². The molecule has 1 aliphatic rings. The Balaban J connectivity index is 1.88. The molecular weight excluding hydrogens is 216 g/mol. The molecule has 0 unspecified atom stereocenters. The highest BCUT2D eigenvalue weighted by Crippen LogP contribution is 2.05. The van der Waals surface area contributed by atoms with Gasteiger partial charge >= 0.3 is 0 Å². The van der Waals surface area contributed by atoms with E-state index in [2.05, 4.69) is 39.6 Å². The smallest absolute Gasteiger partial charge is 0.165 e. The van der Waals surface area contributed by atoms with Gasteiger partial charge in [-0.25, -0.2) is 4.68 Å². The van der Waals surface area contributed by atoms with Gasteiger partial charge in [-0.1, -0.05) is 13.8 Å². The van der Waals surface area contributed by atoms with Crippen LogP contribution in [0.3, 0.4) is 0 Å². The number of aryl methyl sites for hydroxylation is 1. The average Bonchev–Trinajstić information content (AvgIpc) is 2.75. The van der Waals surface area contributed by atoms with Gasteiger partial charge in [0.05, 0.1) is 6.54 Å². The van der Waals surface area contributed by atoms with E-state index < -0.39 is 0 Å². The van der Waals surface area contributed by atoms with E-state index in [9.17, 15) is 0 Å². The van der Waals surface area contributed by atoms with Crippen LogP contribution in [0, 0.1) is 5.92 Å². The van der Waals surface area contributed by atoms with Crippen molar-refractivity contribution in [2.24, 2.45) is 5.92 Å². The van der Waals surface area contributed by atoms with Crippen molar-refractivity contribution in [2.75, 3.05) is 26.2 Å². The molecule has 2 rings (SSSR count). The van der Waals surface area contributed by atoms with Gasteiger partial charge in [-0.3, -0.25) is 4.90 Å². The van der Waals surface area contributed by atoms with Gasteiger partial charge in [-0.15, -0.1) is 5.10 Å². The first kappa shape index (κ1) is 12.4. The first-order valence-corrected chi connectivity index (χ1v) is 6.44. The van der Waals surface area contributed by atoms with E-state index >= 15 is 0 Å². The van der Waals surface area contributed by atoms with E-state index in [1.54, 1.807) is 0 Å². The van der Waals surface area contributed by atoms with Gasteiger partial charge in [0.15, 0.2) is 5.82 Å². The molecule has 0 aliphatic carbocycles. The highest BCUT2D eigenvalue weighted by Gasteiger charge is 2.14. The summed E-state index contributed by atoms with van der Waals surface area (Å²) < 4.78 is 1.95. The highest BCUT2D eigenvalue weighted by molar-refractivity contribution is 4.83. The zero-order valence-electron chi connectivity index (χ0n) is 10.8. The molecule has 0 bridgehead atoms. The molecule has 0 radical (unpaired) electrons. The Kier molecular flexibility index (Phi) is 4.44. The van der Waals surface area contributed by atoms with Gasteiger partial charge in [0, 0.05) is 32.7 Å². The molecule has 96 valence electrons. The van der Waals surface area contributed by atoms with Gasteiger partial charge in [0.2, 0.25) is 0 Å². The van der Waals surface area contributed by atoms with Crippen molar-refractivity contribution >= 4 is 0 Å². The van der Waals surface area contributed by atoms with Crippen LogP contribution in [0.2, 0.25) is 0 Å². The van der Waals surface area contributed by atoms with Crippen LogP contribution < -0.4 is 5.32 Å². The summed E-state index contributed by atoms with van der Waals surface area (Å²) in [5, 5.41) is 15.3. The fourth-order valence-electron chi connectivity index (χ4n) is 1.96. The second kappa shape index (κ2) is 6.07. The molecule has 0 aromatic carbocycles. The maximum absolute atomic E-state index is 4.13. The molecule has 1 aromatic rings. The lowest BCUT2D eigenvalue weighted by molar-refractivity contribution is 0.223. The average molecular weight is 238 g/mol. The summed E-state index contributed by atoms with van der Waals surface area (Å²) in [6.45, 7) is 10.5. The van der Waals surface area contributed by atoms with Crippen molar-refractivity contribution in [1.29, 1.82) is 0 Å². The molecule has 1 saturated heterocycles. The predicted octanol–water partition coefficient (Wildman–Crippen LogP) is 0.124. The molecule has 0 saturated carbocycles. The molecule has 0 amide bonds. The van der Waals surface area contributed by atoms with Crippen LogP contribution in [0.25, 0.3) is 0 Å². The van der Waals surface area contributed by atoms with Crippen LogP contribution in [-0.4, -0.2) is 51.3 Å². The number of tetrazole rings is 1. The summed E-state index contributed by atoms with van der Waals surface area (Å²) in [6.07, 6.45) is 1.12. The molecule has 17 heavy (non-hydrogen) atoms. The Morgan fingerprint density at radius 3 is 2.76 bits per heavy atom. The van der Waals surface area contributed by atoms with E-state index in [0.29, 0.717) is 5.92 Å². The molecule has 2 heterocycles. The molecular formula is C11H22N6. The van der Waals surface area contributed by atoms with Crippen molar-refractivity contribution in [2.45, 2.75) is 33.4 Å². The summed E-state index contributed by atoms with van der Waals surface area (Å²) in [6, 6.07) is 0. The third-order valence-corrected chi connectivity index (χ3v) is 3.10. The molecule has 6 nitrogen and oxygen atoms in total. The minimum Gasteiger partial charge on any atom is -0.314 e. The van der Waals surface area contributed by atoms with Crippen LogP contribution in [0.1, 0.15) is 26.1 Å². The van der Waals surface area contributed by atoms with Crippen LogP contribution in [0.4, 0.5) is 0 Å². The van der Waals surface area contributed by atoms with Crippen LogP contribution in [0.15, 0.2) is 0 Å². The number of piperazine rings is 1. The fraction of sp³-hybridized carbons (Fsp3) is 0.909. The normalized spacial score (nSPS) is 17.8. The Labute approximate surface area is 102 Å². The Hall–Kier alpha value is -1.01. The fourth-order valence-corrected chi connectivity index (χ4v) is 1.96. The Morgan fingerprint density at radius 2 is 2.06 bits per heavy atom. The monoisotopic (exact) mass is 238 g/mol. The highest BCUT2D eigenvalue weighted by atomic mass is 15.5. The van der Waals surface area contributed by atoms with Crippen LogP contribution in [0.5, 0.6) is 0 Å². The number of aromatic nitrogens is 4. The molecule has 0 atom stereocenters. The first-order chi connectivity index (χ1) is 8.25. The van der Waals surface area contributed by atoms with Gasteiger partial charge in [-0.05, 0) is 22.8 Å². The molecule has 1 aliphatic heterocycles. The number of hydrogen-bond acceptors (Lipinski definition) is 5. The maximum Gasteiger partial charge on any atom is 0.165 e. The van der Waals surface area contributed by atoms with Gasteiger partial charge in [0.25, 0.3) is 0 Å². The van der Waals surface area contributed by atoms with E-state index in [1.165, 1.54) is 0 Å². The molecule has 1 N–H and O–H groups in total. The van der Waals surface area contributed by atoms with Crippen molar-refractivity contribution < 1.29 is 0 Å². The topological polar surface area (TPSA) is 58.9 Å². The van der Waals surface area contributed by atoms with Crippen molar-refractivity contribution in [3.05, 3.63) is 5.82 Å². The summed E-state index contributed by atoms with van der Waals surface area (Å²) in [5.74, 6) is 1.68. The van der Waals surface area contributed by atoms with Crippen LogP contribution in [-0.2, 0) is 13.1 Å². The van der Waals surface area contributed by atoms with Crippen molar-refractivity contribution in [1.82, 2.24) is 30.4 Å². The number of hydrogen-bond donors (Lipinski definition) is 1. The van der Waals surface area contributed by atoms with Crippen molar-refractivity contribution in [3.63, 3.8) is 0 Å². The first-order valence-electron chi connectivity index (χ1n) is 6.44. The maximum atomic E-state index is 4.13. The lowest BCUT2D eigenvalue weighted by Gasteiger charge is -2.26. The Morgan fingerprint density at radius 1 is 1.29 bits per heavy atom. The number of nitrogens with one attached hydrogen (secondary N) is 1. The zero-order chi connectivity index (χ0) is 12.1. The number of nitrogens with zero attached hydrogens (tertiary/aromatic N) is 5. The van der Waals surface area contributed by atoms with Crippen LogP contribution >= 0.6 is 0 Å². The van der Waals surface area contributed by atoms with Crippen molar-refractivity contribution in [3.8, 4) is 0 Å². The summed E-state index contributed by atoms with van der Waals surface area (Å²) in [5.41, 5.74) is 0. The second-order valence-electron chi connectivity index (χ2n) is 5.03. The second-order valence-corrected chi connectivity index (χ2v) is 5.03.